The summed E-state index contributed by atoms with van der Waals surface area (Å²) in [6, 6.07) is 30.1. The second-order valence-corrected chi connectivity index (χ2v) is 12.6. The van der Waals surface area contributed by atoms with E-state index in [2.05, 4.69) is 5.32 Å². The van der Waals surface area contributed by atoms with E-state index in [1.54, 1.807) is 30.3 Å². The van der Waals surface area contributed by atoms with Gasteiger partial charge in [0.2, 0.25) is 11.8 Å². The highest BCUT2D eigenvalue weighted by Crippen LogP contribution is 2.28. The molecule has 0 spiro atoms. The smallest absolute Gasteiger partial charge is 0.264 e. The molecular weight excluding hydrogens is 558 g/mol. The number of hydrogen-bond acceptors (Lipinski definition) is 4. The van der Waals surface area contributed by atoms with Crippen LogP contribution in [0.2, 0.25) is 0 Å². The van der Waals surface area contributed by atoms with Crippen molar-refractivity contribution in [1.29, 1.82) is 0 Å². The second-order valence-electron chi connectivity index (χ2n) is 10.7. The van der Waals surface area contributed by atoms with E-state index in [-0.39, 0.29) is 23.8 Å². The van der Waals surface area contributed by atoms with Crippen molar-refractivity contribution in [2.24, 2.45) is 0 Å². The molecule has 0 heterocycles. The Morgan fingerprint density at radius 3 is 1.93 bits per heavy atom. The van der Waals surface area contributed by atoms with E-state index >= 15 is 0 Å². The highest BCUT2D eigenvalue weighted by molar-refractivity contribution is 7.92. The third kappa shape index (κ3) is 7.90. The summed E-state index contributed by atoms with van der Waals surface area (Å²) < 4.78 is 29.5. The van der Waals surface area contributed by atoms with Crippen molar-refractivity contribution in [2.75, 3.05) is 17.4 Å². The lowest BCUT2D eigenvalue weighted by atomic mass is 10.0. The van der Waals surface area contributed by atoms with Gasteiger partial charge in [-0.15, -0.1) is 0 Å². The topological polar surface area (TPSA) is 86.8 Å². The van der Waals surface area contributed by atoms with Crippen LogP contribution in [0.1, 0.15) is 34.7 Å². The molecule has 0 aliphatic carbocycles. The molecule has 0 saturated heterocycles. The van der Waals surface area contributed by atoms with E-state index in [0.29, 0.717) is 12.2 Å². The minimum absolute atomic E-state index is 0.0880. The summed E-state index contributed by atoms with van der Waals surface area (Å²) in [6.45, 7) is 7.54. The molecule has 2 amide bonds. The number of nitrogens with one attached hydrogen (secondary N) is 1. The Bertz CT molecular complexity index is 1640. The van der Waals surface area contributed by atoms with E-state index < -0.39 is 28.5 Å². The van der Waals surface area contributed by atoms with Gasteiger partial charge in [0.05, 0.1) is 10.6 Å². The monoisotopic (exact) mass is 597 g/mol. The maximum absolute atomic E-state index is 14.4. The summed E-state index contributed by atoms with van der Waals surface area (Å²) in [7, 11) is -4.14. The molecule has 0 radical (unpaired) electrons. The summed E-state index contributed by atoms with van der Waals surface area (Å²) >= 11 is 0. The Morgan fingerprint density at radius 1 is 0.767 bits per heavy atom. The molecule has 0 aromatic heterocycles. The molecule has 224 valence electrons. The maximum atomic E-state index is 14.4. The minimum Gasteiger partial charge on any atom is -0.355 e. The van der Waals surface area contributed by atoms with Crippen LogP contribution in [0, 0.1) is 20.8 Å². The molecule has 43 heavy (non-hydrogen) atoms. The van der Waals surface area contributed by atoms with Crippen LogP contribution < -0.4 is 9.62 Å². The molecular formula is C35H39N3O4S. The molecule has 0 aliphatic rings. The molecule has 4 aromatic rings. The van der Waals surface area contributed by atoms with Crippen molar-refractivity contribution in [3.05, 3.63) is 131 Å². The summed E-state index contributed by atoms with van der Waals surface area (Å²) in [6.07, 6.45) is 0.277. The standard InChI is InChI=1S/C35H39N3O4S/c1-5-36-35(40)33(23-29-12-8-6-9-13-29)37(24-30-14-10-7-11-15-30)34(39)25-38(32-21-18-27(3)22-28(32)4)43(41,42)31-19-16-26(2)17-20-31/h6-22,33H,5,23-25H2,1-4H3,(H,36,40)/t33-/m1/s1. The van der Waals surface area contributed by atoms with Crippen LogP contribution in [0.4, 0.5) is 5.69 Å². The van der Waals surface area contributed by atoms with Crippen LogP contribution in [0.5, 0.6) is 0 Å². The van der Waals surface area contributed by atoms with Crippen LogP contribution in [-0.2, 0) is 32.6 Å². The fraction of sp³-hybridized carbons (Fsp3) is 0.257. The van der Waals surface area contributed by atoms with Crippen LogP contribution in [0.15, 0.2) is 108 Å². The van der Waals surface area contributed by atoms with Crippen LogP contribution in [0.25, 0.3) is 0 Å². The van der Waals surface area contributed by atoms with E-state index in [0.717, 1.165) is 27.8 Å². The van der Waals surface area contributed by atoms with Gasteiger partial charge >= 0.3 is 0 Å². The average molecular weight is 598 g/mol. The van der Waals surface area contributed by atoms with Crippen molar-refractivity contribution in [3.63, 3.8) is 0 Å². The van der Waals surface area contributed by atoms with Gasteiger partial charge in [0.15, 0.2) is 0 Å². The van der Waals surface area contributed by atoms with Gasteiger partial charge in [-0.2, -0.15) is 0 Å². The van der Waals surface area contributed by atoms with Crippen molar-refractivity contribution in [2.45, 2.75) is 51.6 Å². The third-order valence-electron chi connectivity index (χ3n) is 7.33. The van der Waals surface area contributed by atoms with Gasteiger partial charge in [-0.1, -0.05) is 96.1 Å². The van der Waals surface area contributed by atoms with Crippen molar-refractivity contribution >= 4 is 27.5 Å². The fourth-order valence-electron chi connectivity index (χ4n) is 5.06. The molecule has 4 rings (SSSR count). The quantitative estimate of drug-likeness (QED) is 0.231. The number of carbonyl (C=O) groups excluding carboxylic acids is 2. The highest BCUT2D eigenvalue weighted by Gasteiger charge is 2.35. The number of aryl methyl sites for hydroxylation is 3. The minimum atomic E-state index is -4.14. The number of anilines is 1. The van der Waals surface area contributed by atoms with Gasteiger partial charge < -0.3 is 10.2 Å². The summed E-state index contributed by atoms with van der Waals surface area (Å²) in [5, 5.41) is 2.88. The molecule has 1 atom stereocenters. The Balaban J connectivity index is 1.80. The van der Waals surface area contributed by atoms with Gasteiger partial charge in [-0.25, -0.2) is 8.42 Å². The lowest BCUT2D eigenvalue weighted by molar-refractivity contribution is -0.140. The zero-order valence-electron chi connectivity index (χ0n) is 25.2. The number of nitrogens with zero attached hydrogens (tertiary/aromatic N) is 2. The number of amides is 2. The molecule has 0 aliphatic heterocycles. The second kappa shape index (κ2) is 14.2. The summed E-state index contributed by atoms with van der Waals surface area (Å²) in [5.74, 6) is -0.776. The zero-order chi connectivity index (χ0) is 31.0. The van der Waals surface area contributed by atoms with Gasteiger partial charge in [-0.3, -0.25) is 13.9 Å². The lowest BCUT2D eigenvalue weighted by Crippen LogP contribution is -2.53. The predicted molar refractivity (Wildman–Crippen MR) is 171 cm³/mol. The molecule has 1 N–H and O–H groups in total. The summed E-state index contributed by atoms with van der Waals surface area (Å²) in [5.41, 5.74) is 4.76. The lowest BCUT2D eigenvalue weighted by Gasteiger charge is -2.34. The Morgan fingerprint density at radius 2 is 1.35 bits per heavy atom. The number of sulfonamides is 1. The van der Waals surface area contributed by atoms with E-state index in [1.807, 2.05) is 100 Å². The molecule has 4 aromatic carbocycles. The van der Waals surface area contributed by atoms with Crippen LogP contribution >= 0.6 is 0 Å². The van der Waals surface area contributed by atoms with Crippen molar-refractivity contribution < 1.29 is 18.0 Å². The SMILES string of the molecule is CCNC(=O)[C@@H](Cc1ccccc1)N(Cc1ccccc1)C(=O)CN(c1ccc(C)cc1C)S(=O)(=O)c1ccc(C)cc1. The Kier molecular flexibility index (Phi) is 10.4. The molecule has 0 saturated carbocycles. The average Bonchev–Trinajstić information content (AvgIpc) is 2.99. The van der Waals surface area contributed by atoms with E-state index in [9.17, 15) is 18.0 Å². The van der Waals surface area contributed by atoms with Gasteiger partial charge in [0.25, 0.3) is 10.0 Å². The maximum Gasteiger partial charge on any atom is 0.264 e. The van der Waals surface area contributed by atoms with Crippen LogP contribution in [-0.4, -0.2) is 44.3 Å². The normalized spacial score (nSPS) is 11.9. The predicted octanol–water partition coefficient (Wildman–Crippen LogP) is 5.58. The first-order chi connectivity index (χ1) is 20.6. The number of rotatable bonds is 12. The van der Waals surface area contributed by atoms with E-state index in [4.69, 9.17) is 0 Å². The van der Waals surface area contributed by atoms with Crippen molar-refractivity contribution in [3.8, 4) is 0 Å². The highest BCUT2D eigenvalue weighted by atomic mass is 32.2. The van der Waals surface area contributed by atoms with Crippen LogP contribution in [0.3, 0.4) is 0 Å². The third-order valence-corrected chi connectivity index (χ3v) is 9.10. The molecule has 7 nitrogen and oxygen atoms in total. The largest absolute Gasteiger partial charge is 0.355 e. The molecule has 8 heteroatoms. The first kappa shape index (κ1) is 31.5. The number of carbonyl (C=O) groups is 2. The van der Waals surface area contributed by atoms with Gasteiger partial charge in [-0.05, 0) is 62.6 Å². The first-order valence-corrected chi connectivity index (χ1v) is 15.9. The van der Waals surface area contributed by atoms with Crippen molar-refractivity contribution in [1.82, 2.24) is 10.2 Å². The van der Waals surface area contributed by atoms with Gasteiger partial charge in [0.1, 0.15) is 12.6 Å². The zero-order valence-corrected chi connectivity index (χ0v) is 26.0. The molecule has 0 unspecified atom stereocenters. The number of hydrogen-bond donors (Lipinski definition) is 1. The first-order valence-electron chi connectivity index (χ1n) is 14.4. The molecule has 0 bridgehead atoms. The number of benzene rings is 4. The Labute approximate surface area is 255 Å². The fourth-order valence-corrected chi connectivity index (χ4v) is 6.54. The van der Waals surface area contributed by atoms with Gasteiger partial charge in [0, 0.05) is 19.5 Å². The Hall–Kier alpha value is -4.43. The summed E-state index contributed by atoms with van der Waals surface area (Å²) in [4.78, 5) is 29.6. The number of likely N-dealkylation sites (N-methyl/N-ethyl adjacent to an activating group) is 1. The molecule has 0 fully saturated rings. The van der Waals surface area contributed by atoms with E-state index in [1.165, 1.54) is 9.21 Å².